The van der Waals surface area contributed by atoms with Gasteiger partial charge >= 0.3 is 0 Å². The number of rotatable bonds is 6. The molecule has 31 heavy (non-hydrogen) atoms. The van der Waals surface area contributed by atoms with Crippen molar-refractivity contribution in [3.8, 4) is 0 Å². The molecule has 0 atom stereocenters. The minimum absolute atomic E-state index is 0.0403. The normalized spacial score (nSPS) is 11.3. The Morgan fingerprint density at radius 3 is 2.29 bits per heavy atom. The standard InChI is InChI=1S/C24H25ClN2O3S/c1-5-18-8-6-7-17(4)23(18)26-24(28)19-9-10-21(25)22(14-19)31(29,30)27-20-12-15(2)11-16(3)13-20/h6-14,27H,5H2,1-4H3,(H,26,28). The SMILES string of the molecule is CCc1cccc(C)c1NC(=O)c1ccc(Cl)c(S(=O)(=O)Nc2cc(C)cc(C)c2)c1. The second-order valence-corrected chi connectivity index (χ2v) is 9.60. The number of sulfonamides is 1. The number of para-hydroxylation sites is 1. The first kappa shape index (κ1) is 22.8. The molecule has 5 nitrogen and oxygen atoms in total. The Balaban J connectivity index is 1.93. The Kier molecular flexibility index (Phi) is 6.72. The van der Waals surface area contributed by atoms with E-state index in [2.05, 4.69) is 10.0 Å². The molecule has 0 aliphatic carbocycles. The summed E-state index contributed by atoms with van der Waals surface area (Å²) in [5.74, 6) is -0.400. The lowest BCUT2D eigenvalue weighted by Crippen LogP contribution is -2.17. The van der Waals surface area contributed by atoms with Crippen molar-refractivity contribution in [2.45, 2.75) is 39.0 Å². The fourth-order valence-corrected chi connectivity index (χ4v) is 5.05. The number of hydrogen-bond donors (Lipinski definition) is 2. The largest absolute Gasteiger partial charge is 0.321 e. The van der Waals surface area contributed by atoms with Crippen LogP contribution in [0.3, 0.4) is 0 Å². The molecule has 3 rings (SSSR count). The number of hydrogen-bond acceptors (Lipinski definition) is 3. The van der Waals surface area contributed by atoms with Gasteiger partial charge in [0, 0.05) is 16.9 Å². The predicted octanol–water partition coefficient (Wildman–Crippen LogP) is 5.88. The summed E-state index contributed by atoms with van der Waals surface area (Å²) >= 11 is 6.20. The summed E-state index contributed by atoms with van der Waals surface area (Å²) in [4.78, 5) is 12.8. The monoisotopic (exact) mass is 456 g/mol. The van der Waals surface area contributed by atoms with Crippen molar-refractivity contribution in [3.05, 3.63) is 87.4 Å². The van der Waals surface area contributed by atoms with E-state index in [1.807, 2.05) is 52.0 Å². The summed E-state index contributed by atoms with van der Waals surface area (Å²) in [6.07, 6.45) is 0.761. The lowest BCUT2D eigenvalue weighted by atomic mass is 10.1. The third-order valence-electron chi connectivity index (χ3n) is 4.94. The highest BCUT2D eigenvalue weighted by molar-refractivity contribution is 7.92. The van der Waals surface area contributed by atoms with Crippen LogP contribution in [0.5, 0.6) is 0 Å². The molecule has 2 N–H and O–H groups in total. The molecule has 1 amide bonds. The molecule has 0 fully saturated rings. The Labute approximate surface area is 188 Å². The van der Waals surface area contributed by atoms with Crippen LogP contribution in [0.1, 0.15) is 39.5 Å². The van der Waals surface area contributed by atoms with Crippen LogP contribution in [-0.2, 0) is 16.4 Å². The number of nitrogens with one attached hydrogen (secondary N) is 2. The van der Waals surface area contributed by atoms with Crippen molar-refractivity contribution in [1.82, 2.24) is 0 Å². The fraction of sp³-hybridized carbons (Fsp3) is 0.208. The van der Waals surface area contributed by atoms with Gasteiger partial charge in [-0.05, 0) is 79.8 Å². The maximum Gasteiger partial charge on any atom is 0.263 e. The zero-order chi connectivity index (χ0) is 22.8. The van der Waals surface area contributed by atoms with Crippen LogP contribution in [-0.4, -0.2) is 14.3 Å². The highest BCUT2D eigenvalue weighted by Gasteiger charge is 2.21. The molecule has 0 aliphatic rings. The minimum Gasteiger partial charge on any atom is -0.321 e. The smallest absolute Gasteiger partial charge is 0.263 e. The second-order valence-electron chi connectivity index (χ2n) is 7.54. The molecule has 0 heterocycles. The summed E-state index contributed by atoms with van der Waals surface area (Å²) < 4.78 is 28.6. The zero-order valence-corrected chi connectivity index (χ0v) is 19.5. The molecule has 0 spiro atoms. The zero-order valence-electron chi connectivity index (χ0n) is 17.9. The lowest BCUT2D eigenvalue weighted by molar-refractivity contribution is 0.102. The lowest BCUT2D eigenvalue weighted by Gasteiger charge is -2.14. The van der Waals surface area contributed by atoms with E-state index in [1.165, 1.54) is 18.2 Å². The van der Waals surface area contributed by atoms with E-state index in [0.29, 0.717) is 5.69 Å². The van der Waals surface area contributed by atoms with E-state index >= 15 is 0 Å². The summed E-state index contributed by atoms with van der Waals surface area (Å²) in [5, 5.41) is 2.95. The molecule has 0 radical (unpaired) electrons. The quantitative estimate of drug-likeness (QED) is 0.486. The van der Waals surface area contributed by atoms with Crippen LogP contribution >= 0.6 is 11.6 Å². The predicted molar refractivity (Wildman–Crippen MR) is 127 cm³/mol. The molecule has 0 saturated carbocycles. The van der Waals surface area contributed by atoms with E-state index in [9.17, 15) is 13.2 Å². The second kappa shape index (κ2) is 9.12. The maximum atomic E-state index is 13.0. The van der Waals surface area contributed by atoms with Crippen LogP contribution in [0.15, 0.2) is 59.5 Å². The minimum atomic E-state index is -3.99. The van der Waals surface area contributed by atoms with Gasteiger partial charge in [0.05, 0.1) is 5.02 Å². The highest BCUT2D eigenvalue weighted by atomic mass is 35.5. The Morgan fingerprint density at radius 2 is 1.65 bits per heavy atom. The molecule has 0 aliphatic heterocycles. The molecule has 7 heteroatoms. The molecular formula is C24H25ClN2O3S. The summed E-state index contributed by atoms with van der Waals surface area (Å²) in [6.45, 7) is 7.70. The van der Waals surface area contributed by atoms with E-state index in [4.69, 9.17) is 11.6 Å². The van der Waals surface area contributed by atoms with E-state index in [-0.39, 0.29) is 15.5 Å². The van der Waals surface area contributed by atoms with Gasteiger partial charge in [-0.15, -0.1) is 0 Å². The first-order valence-corrected chi connectivity index (χ1v) is 11.8. The van der Waals surface area contributed by atoms with Crippen molar-refractivity contribution in [2.24, 2.45) is 0 Å². The van der Waals surface area contributed by atoms with E-state index in [0.717, 1.165) is 34.4 Å². The van der Waals surface area contributed by atoms with Crippen molar-refractivity contribution in [3.63, 3.8) is 0 Å². The van der Waals surface area contributed by atoms with Gasteiger partial charge in [0.1, 0.15) is 4.90 Å². The van der Waals surface area contributed by atoms with Gasteiger partial charge in [0.15, 0.2) is 0 Å². The van der Waals surface area contributed by atoms with Gasteiger partial charge in [-0.1, -0.05) is 42.8 Å². The number of halogens is 1. The average molecular weight is 457 g/mol. The van der Waals surface area contributed by atoms with Gasteiger partial charge in [0.25, 0.3) is 15.9 Å². The van der Waals surface area contributed by atoms with Gasteiger partial charge in [-0.2, -0.15) is 0 Å². The van der Waals surface area contributed by atoms with Crippen molar-refractivity contribution < 1.29 is 13.2 Å². The summed E-state index contributed by atoms with van der Waals surface area (Å²) in [7, 11) is -3.99. The van der Waals surface area contributed by atoms with Gasteiger partial charge < -0.3 is 5.32 Å². The number of carbonyl (C=O) groups excluding carboxylic acids is 1. The van der Waals surface area contributed by atoms with Crippen LogP contribution in [0.4, 0.5) is 11.4 Å². The van der Waals surface area contributed by atoms with Crippen molar-refractivity contribution >= 4 is 38.9 Å². The molecular weight excluding hydrogens is 432 g/mol. The first-order valence-electron chi connectivity index (χ1n) is 9.91. The van der Waals surface area contributed by atoms with E-state index in [1.54, 1.807) is 12.1 Å². The molecule has 0 unspecified atom stereocenters. The van der Waals surface area contributed by atoms with Gasteiger partial charge in [-0.25, -0.2) is 8.42 Å². The summed E-state index contributed by atoms with van der Waals surface area (Å²) in [6, 6.07) is 15.5. The third-order valence-corrected chi connectivity index (χ3v) is 6.80. The molecule has 162 valence electrons. The molecule has 3 aromatic carbocycles. The Hall–Kier alpha value is -2.83. The number of benzene rings is 3. The Morgan fingerprint density at radius 1 is 0.968 bits per heavy atom. The van der Waals surface area contributed by atoms with Crippen LogP contribution in [0, 0.1) is 20.8 Å². The van der Waals surface area contributed by atoms with Crippen LogP contribution < -0.4 is 10.0 Å². The number of carbonyl (C=O) groups is 1. The Bertz CT molecular complexity index is 1230. The average Bonchev–Trinajstić information content (AvgIpc) is 2.68. The summed E-state index contributed by atoms with van der Waals surface area (Å²) in [5.41, 5.74) is 5.19. The van der Waals surface area contributed by atoms with Crippen LogP contribution in [0.25, 0.3) is 0 Å². The molecule has 0 bridgehead atoms. The molecule has 0 aromatic heterocycles. The van der Waals surface area contributed by atoms with Gasteiger partial charge in [-0.3, -0.25) is 9.52 Å². The molecule has 0 saturated heterocycles. The fourth-order valence-electron chi connectivity index (χ4n) is 3.48. The third kappa shape index (κ3) is 5.27. The number of anilines is 2. The van der Waals surface area contributed by atoms with Gasteiger partial charge in [0.2, 0.25) is 0 Å². The van der Waals surface area contributed by atoms with Crippen molar-refractivity contribution in [1.29, 1.82) is 0 Å². The van der Waals surface area contributed by atoms with Crippen molar-refractivity contribution in [2.75, 3.05) is 10.0 Å². The topological polar surface area (TPSA) is 75.3 Å². The number of aryl methyl sites for hydroxylation is 4. The van der Waals surface area contributed by atoms with E-state index < -0.39 is 15.9 Å². The first-order chi connectivity index (χ1) is 14.6. The number of amides is 1. The van der Waals surface area contributed by atoms with Crippen LogP contribution in [0.2, 0.25) is 5.02 Å². The maximum absolute atomic E-state index is 13.0. The molecule has 3 aromatic rings. The highest BCUT2D eigenvalue weighted by Crippen LogP contribution is 2.27.